The van der Waals surface area contributed by atoms with Gasteiger partial charge in [-0.2, -0.15) is 0 Å². The summed E-state index contributed by atoms with van der Waals surface area (Å²) in [4.78, 5) is 2.47. The molecule has 1 heterocycles. The van der Waals surface area contributed by atoms with Crippen LogP contribution in [0.4, 0.5) is 17.1 Å². The molecule has 0 atom stereocenters. The monoisotopic (exact) mass is 764 g/mol. The van der Waals surface area contributed by atoms with E-state index in [0.717, 1.165) is 39.4 Å². The quantitative estimate of drug-likeness (QED) is 0.150. The second kappa shape index (κ2) is 15.1. The first-order valence-corrected chi connectivity index (χ1v) is 20.6. The van der Waals surface area contributed by atoms with Crippen LogP contribution in [-0.2, 0) is 0 Å². The molecule has 0 aliphatic rings. The molecule has 0 radical (unpaired) electrons. The van der Waals surface area contributed by atoms with Crippen LogP contribution in [0.1, 0.15) is 0 Å². The van der Waals surface area contributed by atoms with Crippen LogP contribution in [0, 0.1) is 0 Å². The van der Waals surface area contributed by atoms with Gasteiger partial charge in [0.1, 0.15) is 0 Å². The van der Waals surface area contributed by atoms with Gasteiger partial charge in [0.05, 0.1) is 22.4 Å². The van der Waals surface area contributed by atoms with Gasteiger partial charge in [-0.15, -0.1) is 0 Å². The molecule has 11 rings (SSSR count). The minimum absolute atomic E-state index is 1.08. The summed E-state index contributed by atoms with van der Waals surface area (Å²) in [5.74, 6) is 0. The third-order valence-electron chi connectivity index (χ3n) is 11.8. The lowest BCUT2D eigenvalue weighted by atomic mass is 9.94. The third-order valence-corrected chi connectivity index (χ3v) is 11.8. The Morgan fingerprint density at radius 3 is 1.63 bits per heavy atom. The molecule has 282 valence electrons. The molecule has 2 nitrogen and oxygen atoms in total. The highest BCUT2D eigenvalue weighted by Gasteiger charge is 2.24. The normalized spacial score (nSPS) is 11.3. The van der Waals surface area contributed by atoms with E-state index in [1.165, 1.54) is 60.4 Å². The summed E-state index contributed by atoms with van der Waals surface area (Å²) in [5.41, 5.74) is 16.2. The fourth-order valence-corrected chi connectivity index (χ4v) is 9.06. The number of anilines is 3. The van der Waals surface area contributed by atoms with Gasteiger partial charge in [-0.1, -0.05) is 188 Å². The molecule has 0 saturated heterocycles. The van der Waals surface area contributed by atoms with Crippen molar-refractivity contribution in [1.29, 1.82) is 0 Å². The van der Waals surface area contributed by atoms with Gasteiger partial charge in [0.15, 0.2) is 0 Å². The second-order valence-corrected chi connectivity index (χ2v) is 15.3. The van der Waals surface area contributed by atoms with Crippen LogP contribution >= 0.6 is 0 Å². The van der Waals surface area contributed by atoms with Crippen molar-refractivity contribution in [1.82, 2.24) is 4.57 Å². The molecule has 0 aliphatic carbocycles. The lowest BCUT2D eigenvalue weighted by molar-refractivity contribution is 1.18. The van der Waals surface area contributed by atoms with Gasteiger partial charge in [0.2, 0.25) is 0 Å². The first kappa shape index (κ1) is 35.2. The highest BCUT2D eigenvalue weighted by molar-refractivity contribution is 6.17. The number of fused-ring (bicyclic) bond motifs is 4. The number of hydrogen-bond donors (Lipinski definition) is 0. The summed E-state index contributed by atoms with van der Waals surface area (Å²) in [6.07, 6.45) is 0. The molecule has 1 aromatic heterocycles. The van der Waals surface area contributed by atoms with E-state index in [-0.39, 0.29) is 0 Å². The third kappa shape index (κ3) is 6.14. The highest BCUT2D eigenvalue weighted by atomic mass is 15.1. The Kier molecular flexibility index (Phi) is 8.87. The largest absolute Gasteiger partial charge is 0.309 e. The van der Waals surface area contributed by atoms with Crippen molar-refractivity contribution in [3.05, 3.63) is 243 Å². The molecule has 0 unspecified atom stereocenters. The Morgan fingerprint density at radius 2 is 0.833 bits per heavy atom. The van der Waals surface area contributed by atoms with Gasteiger partial charge >= 0.3 is 0 Å². The van der Waals surface area contributed by atoms with E-state index in [1.807, 2.05) is 0 Å². The first-order valence-electron chi connectivity index (χ1n) is 20.6. The predicted molar refractivity (Wildman–Crippen MR) is 255 cm³/mol. The first-order chi connectivity index (χ1) is 29.8. The van der Waals surface area contributed by atoms with Crippen LogP contribution in [0.25, 0.3) is 82.8 Å². The fourth-order valence-electron chi connectivity index (χ4n) is 9.06. The Morgan fingerprint density at radius 1 is 0.300 bits per heavy atom. The second-order valence-electron chi connectivity index (χ2n) is 15.3. The smallest absolute Gasteiger partial charge is 0.0547 e. The van der Waals surface area contributed by atoms with Crippen molar-refractivity contribution in [2.75, 3.05) is 4.90 Å². The maximum Gasteiger partial charge on any atom is 0.0547 e. The van der Waals surface area contributed by atoms with Gasteiger partial charge in [-0.25, -0.2) is 0 Å². The molecule has 10 aromatic carbocycles. The van der Waals surface area contributed by atoms with Crippen molar-refractivity contribution in [3.8, 4) is 50.2 Å². The molecule has 11 aromatic rings. The summed E-state index contributed by atoms with van der Waals surface area (Å²) >= 11 is 0. The van der Waals surface area contributed by atoms with Crippen molar-refractivity contribution in [2.24, 2.45) is 0 Å². The Bertz CT molecular complexity index is 3290. The van der Waals surface area contributed by atoms with E-state index >= 15 is 0 Å². The van der Waals surface area contributed by atoms with Crippen molar-refractivity contribution >= 4 is 49.6 Å². The predicted octanol–water partition coefficient (Wildman–Crippen LogP) is 16.1. The van der Waals surface area contributed by atoms with Gasteiger partial charge in [-0.05, 0) is 98.8 Å². The van der Waals surface area contributed by atoms with Gasteiger partial charge in [0, 0.05) is 33.3 Å². The highest BCUT2D eigenvalue weighted by Crippen LogP contribution is 2.48. The van der Waals surface area contributed by atoms with Crippen LogP contribution in [-0.4, -0.2) is 4.57 Å². The van der Waals surface area contributed by atoms with Gasteiger partial charge < -0.3 is 9.47 Å². The van der Waals surface area contributed by atoms with Crippen LogP contribution in [0.15, 0.2) is 243 Å². The van der Waals surface area contributed by atoms with Gasteiger partial charge in [-0.3, -0.25) is 0 Å². The summed E-state index contributed by atoms with van der Waals surface area (Å²) in [5, 5.41) is 4.95. The topological polar surface area (TPSA) is 8.17 Å². The zero-order chi connectivity index (χ0) is 39.8. The molecule has 0 N–H and O–H groups in total. The lowest BCUT2D eigenvalue weighted by Gasteiger charge is -2.30. The standard InChI is InChI=1S/C58H40N2/c1-4-18-41(19-5-1)45-36-39-56(53(40-45)43-20-6-2-7-21-43)59(47-37-34-44(35-38-47)49-29-16-23-42-22-10-11-26-48(42)49)54-31-14-12-27-50(54)51-30-17-33-57-58(51)52-28-13-15-32-55(52)60(57)46-24-8-3-9-25-46/h1-40H. The molecule has 0 saturated carbocycles. The van der Waals surface area contributed by atoms with E-state index in [2.05, 4.69) is 252 Å². The van der Waals surface area contributed by atoms with E-state index in [0.29, 0.717) is 0 Å². The van der Waals surface area contributed by atoms with Crippen molar-refractivity contribution < 1.29 is 0 Å². The van der Waals surface area contributed by atoms with E-state index < -0.39 is 0 Å². The molecular weight excluding hydrogens is 725 g/mol. The Balaban J connectivity index is 1.17. The van der Waals surface area contributed by atoms with E-state index in [4.69, 9.17) is 0 Å². The lowest BCUT2D eigenvalue weighted by Crippen LogP contribution is -2.12. The minimum atomic E-state index is 1.08. The number of aromatic nitrogens is 1. The average Bonchev–Trinajstić information content (AvgIpc) is 3.67. The number of benzene rings is 10. The number of hydrogen-bond acceptors (Lipinski definition) is 1. The average molecular weight is 765 g/mol. The summed E-state index contributed by atoms with van der Waals surface area (Å²) in [6, 6.07) is 87.9. The van der Waals surface area contributed by atoms with E-state index in [9.17, 15) is 0 Å². The van der Waals surface area contributed by atoms with E-state index in [1.54, 1.807) is 0 Å². The van der Waals surface area contributed by atoms with Crippen LogP contribution in [0.3, 0.4) is 0 Å². The molecule has 0 bridgehead atoms. The van der Waals surface area contributed by atoms with Gasteiger partial charge in [0.25, 0.3) is 0 Å². The fraction of sp³-hybridized carbons (Fsp3) is 0. The van der Waals surface area contributed by atoms with Crippen LogP contribution in [0.5, 0.6) is 0 Å². The molecule has 0 spiro atoms. The minimum Gasteiger partial charge on any atom is -0.309 e. The Hall–Kier alpha value is -7.94. The SMILES string of the molecule is c1ccc(-c2ccc(N(c3ccc(-c4cccc5ccccc45)cc3)c3ccccc3-c3cccc4c3c3ccccc3n4-c3ccccc3)c(-c3ccccc3)c2)cc1. The maximum absolute atomic E-state index is 2.47. The molecule has 60 heavy (non-hydrogen) atoms. The molecule has 0 aliphatic heterocycles. The molecule has 2 heteroatoms. The van der Waals surface area contributed by atoms with Crippen molar-refractivity contribution in [3.63, 3.8) is 0 Å². The van der Waals surface area contributed by atoms with Crippen molar-refractivity contribution in [2.45, 2.75) is 0 Å². The van der Waals surface area contributed by atoms with Crippen LogP contribution in [0.2, 0.25) is 0 Å². The maximum atomic E-state index is 2.47. The summed E-state index contributed by atoms with van der Waals surface area (Å²) in [6.45, 7) is 0. The van der Waals surface area contributed by atoms with Crippen LogP contribution < -0.4 is 4.90 Å². The number of para-hydroxylation sites is 3. The molecule has 0 amide bonds. The molecular formula is C58H40N2. The summed E-state index contributed by atoms with van der Waals surface area (Å²) < 4.78 is 2.40. The number of rotatable bonds is 8. The zero-order valence-corrected chi connectivity index (χ0v) is 33.0. The zero-order valence-electron chi connectivity index (χ0n) is 33.0. The summed E-state index contributed by atoms with van der Waals surface area (Å²) in [7, 11) is 0. The Labute approximate surface area is 350 Å². The number of nitrogens with zero attached hydrogens (tertiary/aromatic N) is 2. The molecule has 0 fully saturated rings.